The van der Waals surface area contributed by atoms with Crippen LogP contribution in [0.5, 0.6) is 0 Å². The number of hydrogen-bond donors (Lipinski definition) is 0. The molecule has 0 aliphatic carbocycles. The highest BCUT2D eigenvalue weighted by molar-refractivity contribution is 5.79. The zero-order chi connectivity index (χ0) is 19.5. The van der Waals surface area contributed by atoms with Gasteiger partial charge in [-0.3, -0.25) is 9.69 Å². The first kappa shape index (κ1) is 19.1. The SMILES string of the molecule is Cc1ccccc1-c1noc(CN2CCCC(C(=O)N3CCCC(C)C3)C2)n1. The molecule has 4 rings (SSSR count). The number of likely N-dealkylation sites (tertiary alicyclic amines) is 2. The molecule has 2 saturated heterocycles. The summed E-state index contributed by atoms with van der Waals surface area (Å²) in [5.41, 5.74) is 2.14. The Balaban J connectivity index is 1.38. The lowest BCUT2D eigenvalue weighted by Crippen LogP contribution is -2.47. The highest BCUT2D eigenvalue weighted by Crippen LogP contribution is 2.25. The molecule has 2 unspecified atom stereocenters. The number of rotatable bonds is 4. The van der Waals surface area contributed by atoms with Crippen molar-refractivity contribution in [1.82, 2.24) is 19.9 Å². The fourth-order valence-electron chi connectivity index (χ4n) is 4.49. The maximum Gasteiger partial charge on any atom is 0.241 e. The number of carbonyl (C=O) groups excluding carboxylic acids is 1. The minimum Gasteiger partial charge on any atom is -0.342 e. The van der Waals surface area contributed by atoms with Crippen LogP contribution in [0, 0.1) is 18.8 Å². The predicted octanol–water partition coefficient (Wildman–Crippen LogP) is 3.52. The van der Waals surface area contributed by atoms with Gasteiger partial charge in [0, 0.05) is 25.2 Å². The Labute approximate surface area is 166 Å². The van der Waals surface area contributed by atoms with Crippen molar-refractivity contribution in [3.8, 4) is 11.4 Å². The van der Waals surface area contributed by atoms with Gasteiger partial charge in [0.25, 0.3) is 0 Å². The van der Waals surface area contributed by atoms with Crippen LogP contribution in [0.2, 0.25) is 0 Å². The normalized spacial score (nSPS) is 23.7. The summed E-state index contributed by atoms with van der Waals surface area (Å²) < 4.78 is 5.50. The van der Waals surface area contributed by atoms with E-state index >= 15 is 0 Å². The van der Waals surface area contributed by atoms with E-state index in [2.05, 4.69) is 26.9 Å². The second-order valence-corrected chi connectivity index (χ2v) is 8.43. The number of benzene rings is 1. The minimum atomic E-state index is 0.0952. The molecular weight excluding hydrogens is 352 g/mol. The molecule has 6 nitrogen and oxygen atoms in total. The molecule has 2 atom stereocenters. The summed E-state index contributed by atoms with van der Waals surface area (Å²) in [7, 11) is 0. The Bertz CT molecular complexity index is 818. The van der Waals surface area contributed by atoms with E-state index in [1.54, 1.807) is 0 Å². The van der Waals surface area contributed by atoms with Crippen LogP contribution in [0.25, 0.3) is 11.4 Å². The molecule has 2 fully saturated rings. The third-order valence-electron chi connectivity index (χ3n) is 6.04. The molecule has 0 spiro atoms. The van der Waals surface area contributed by atoms with Gasteiger partial charge in [-0.15, -0.1) is 0 Å². The van der Waals surface area contributed by atoms with Crippen molar-refractivity contribution in [2.45, 2.75) is 46.1 Å². The molecule has 0 N–H and O–H groups in total. The van der Waals surface area contributed by atoms with Crippen LogP contribution in [-0.4, -0.2) is 52.0 Å². The summed E-state index contributed by atoms with van der Waals surface area (Å²) in [5, 5.41) is 4.16. The van der Waals surface area contributed by atoms with Crippen LogP contribution in [0.3, 0.4) is 0 Å². The summed E-state index contributed by atoms with van der Waals surface area (Å²) in [4.78, 5) is 21.9. The third kappa shape index (κ3) is 4.27. The molecule has 1 aromatic carbocycles. The zero-order valence-corrected chi connectivity index (χ0v) is 16.9. The van der Waals surface area contributed by atoms with Crippen molar-refractivity contribution < 1.29 is 9.32 Å². The van der Waals surface area contributed by atoms with E-state index in [1.807, 2.05) is 31.2 Å². The molecule has 2 aromatic rings. The minimum absolute atomic E-state index is 0.0952. The fraction of sp³-hybridized carbons (Fsp3) is 0.591. The molecule has 1 aromatic heterocycles. The number of nitrogens with zero attached hydrogens (tertiary/aromatic N) is 4. The van der Waals surface area contributed by atoms with Gasteiger partial charge < -0.3 is 9.42 Å². The highest BCUT2D eigenvalue weighted by Gasteiger charge is 2.31. The number of amides is 1. The second kappa shape index (κ2) is 8.43. The Morgan fingerprint density at radius 2 is 2.00 bits per heavy atom. The monoisotopic (exact) mass is 382 g/mol. The molecule has 1 amide bonds. The number of piperidine rings is 2. The molecule has 0 saturated carbocycles. The third-order valence-corrected chi connectivity index (χ3v) is 6.04. The maximum absolute atomic E-state index is 13.0. The first-order chi connectivity index (χ1) is 13.6. The van der Waals surface area contributed by atoms with Crippen molar-refractivity contribution in [3.63, 3.8) is 0 Å². The lowest BCUT2D eigenvalue weighted by molar-refractivity contribution is -0.139. The van der Waals surface area contributed by atoms with Gasteiger partial charge in [-0.25, -0.2) is 0 Å². The first-order valence-corrected chi connectivity index (χ1v) is 10.5. The van der Waals surface area contributed by atoms with E-state index in [0.29, 0.717) is 30.1 Å². The van der Waals surface area contributed by atoms with Gasteiger partial charge in [0.15, 0.2) is 0 Å². The fourth-order valence-corrected chi connectivity index (χ4v) is 4.49. The van der Waals surface area contributed by atoms with Gasteiger partial charge in [-0.2, -0.15) is 4.98 Å². The van der Waals surface area contributed by atoms with Crippen molar-refractivity contribution in [1.29, 1.82) is 0 Å². The smallest absolute Gasteiger partial charge is 0.241 e. The summed E-state index contributed by atoms with van der Waals surface area (Å²) >= 11 is 0. The van der Waals surface area contributed by atoms with Gasteiger partial charge in [-0.05, 0) is 50.6 Å². The van der Waals surface area contributed by atoms with Crippen LogP contribution in [-0.2, 0) is 11.3 Å². The first-order valence-electron chi connectivity index (χ1n) is 10.5. The molecule has 28 heavy (non-hydrogen) atoms. The summed E-state index contributed by atoms with van der Waals surface area (Å²) in [5.74, 6) is 2.31. The Morgan fingerprint density at radius 1 is 1.18 bits per heavy atom. The summed E-state index contributed by atoms with van der Waals surface area (Å²) in [6.45, 7) is 8.50. The lowest BCUT2D eigenvalue weighted by Gasteiger charge is -2.37. The van der Waals surface area contributed by atoms with Crippen LogP contribution in [0.1, 0.15) is 44.1 Å². The number of hydrogen-bond acceptors (Lipinski definition) is 5. The van der Waals surface area contributed by atoms with E-state index < -0.39 is 0 Å². The second-order valence-electron chi connectivity index (χ2n) is 8.43. The number of carbonyl (C=O) groups is 1. The number of aryl methyl sites for hydroxylation is 1. The average molecular weight is 383 g/mol. The summed E-state index contributed by atoms with van der Waals surface area (Å²) in [6.07, 6.45) is 4.39. The highest BCUT2D eigenvalue weighted by atomic mass is 16.5. The Morgan fingerprint density at radius 3 is 2.82 bits per heavy atom. The number of aromatic nitrogens is 2. The van der Waals surface area contributed by atoms with E-state index in [0.717, 1.165) is 56.6 Å². The summed E-state index contributed by atoms with van der Waals surface area (Å²) in [6, 6.07) is 8.06. The predicted molar refractivity (Wildman–Crippen MR) is 107 cm³/mol. The van der Waals surface area contributed by atoms with Crippen molar-refractivity contribution in [3.05, 3.63) is 35.7 Å². The van der Waals surface area contributed by atoms with Crippen molar-refractivity contribution in [2.75, 3.05) is 26.2 Å². The molecule has 2 aliphatic heterocycles. The van der Waals surface area contributed by atoms with Gasteiger partial charge in [0.05, 0.1) is 12.5 Å². The van der Waals surface area contributed by atoms with Gasteiger partial charge in [-0.1, -0.05) is 36.3 Å². The topological polar surface area (TPSA) is 62.5 Å². The van der Waals surface area contributed by atoms with Crippen molar-refractivity contribution in [2.24, 2.45) is 11.8 Å². The van der Waals surface area contributed by atoms with Crippen molar-refractivity contribution >= 4 is 5.91 Å². The maximum atomic E-state index is 13.0. The van der Waals surface area contributed by atoms with Crippen LogP contribution in [0.15, 0.2) is 28.8 Å². The van der Waals surface area contributed by atoms with E-state index in [-0.39, 0.29) is 5.92 Å². The zero-order valence-electron chi connectivity index (χ0n) is 16.9. The molecular formula is C22H30N4O2. The Kier molecular flexibility index (Phi) is 5.76. The average Bonchev–Trinajstić information content (AvgIpc) is 3.16. The van der Waals surface area contributed by atoms with Crippen LogP contribution >= 0.6 is 0 Å². The molecule has 3 heterocycles. The van der Waals surface area contributed by atoms with Gasteiger partial charge >= 0.3 is 0 Å². The van der Waals surface area contributed by atoms with E-state index in [9.17, 15) is 4.79 Å². The largest absolute Gasteiger partial charge is 0.342 e. The van der Waals surface area contributed by atoms with E-state index in [1.165, 1.54) is 6.42 Å². The quantitative estimate of drug-likeness (QED) is 0.810. The van der Waals surface area contributed by atoms with Crippen LogP contribution < -0.4 is 0 Å². The molecule has 0 bridgehead atoms. The molecule has 6 heteroatoms. The lowest BCUT2D eigenvalue weighted by atomic mass is 9.93. The molecule has 2 aliphatic rings. The Hall–Kier alpha value is -2.21. The van der Waals surface area contributed by atoms with Gasteiger partial charge in [0.1, 0.15) is 0 Å². The molecule has 150 valence electrons. The van der Waals surface area contributed by atoms with Crippen LogP contribution in [0.4, 0.5) is 0 Å². The molecule has 0 radical (unpaired) electrons. The van der Waals surface area contributed by atoms with Gasteiger partial charge in [0.2, 0.25) is 17.6 Å². The van der Waals surface area contributed by atoms with E-state index in [4.69, 9.17) is 4.52 Å². The standard InChI is InChI=1S/C22H30N4O2/c1-16-7-5-12-26(13-16)22(27)18-9-6-11-25(14-18)15-20-23-21(24-28-20)19-10-4-3-8-17(19)2/h3-4,8,10,16,18H,5-7,9,11-15H2,1-2H3.